The molecule has 8 aromatic carbocycles. The molecule has 57 heavy (non-hydrogen) atoms. The predicted molar refractivity (Wildman–Crippen MR) is 243 cm³/mol. The number of hydrogen-bond donors (Lipinski definition) is 1. The molecule has 0 spiro atoms. The molecular formula is C53H41BN2O. The van der Waals surface area contributed by atoms with Crippen molar-refractivity contribution < 1.29 is 4.42 Å². The number of furan rings is 1. The number of fused-ring (bicyclic) bond motifs is 12. The van der Waals surface area contributed by atoms with Crippen molar-refractivity contribution in [1.29, 1.82) is 0 Å². The van der Waals surface area contributed by atoms with E-state index in [1.165, 1.54) is 88.1 Å². The number of benzene rings is 8. The molecule has 0 unspecified atom stereocenters. The number of nitrogens with zero attached hydrogens (tertiary/aromatic N) is 1. The molecule has 10 aromatic rings. The Morgan fingerprint density at radius 2 is 1.33 bits per heavy atom. The lowest BCUT2D eigenvalue weighted by Crippen LogP contribution is -2.37. The molecule has 1 N–H and O–H groups in total. The Balaban J connectivity index is 1.15. The zero-order chi connectivity index (χ0) is 38.4. The van der Waals surface area contributed by atoms with Gasteiger partial charge < -0.3 is 14.3 Å². The molecule has 0 atom stereocenters. The van der Waals surface area contributed by atoms with Crippen LogP contribution in [0.25, 0.3) is 82.5 Å². The van der Waals surface area contributed by atoms with E-state index in [0.717, 1.165) is 40.6 Å². The maximum absolute atomic E-state index is 6.53. The van der Waals surface area contributed by atoms with Gasteiger partial charge in [0.15, 0.2) is 7.28 Å². The van der Waals surface area contributed by atoms with Crippen molar-refractivity contribution in [2.24, 2.45) is 0 Å². The molecule has 4 heteroatoms. The lowest BCUT2D eigenvalue weighted by Gasteiger charge is -2.25. The van der Waals surface area contributed by atoms with Gasteiger partial charge in [-0.15, -0.1) is 0 Å². The van der Waals surface area contributed by atoms with Crippen LogP contribution < -0.4 is 16.2 Å². The molecule has 1 aliphatic carbocycles. The highest BCUT2D eigenvalue weighted by molar-refractivity contribution is 6.73. The zero-order valence-corrected chi connectivity index (χ0v) is 32.9. The van der Waals surface area contributed by atoms with Crippen molar-refractivity contribution in [1.82, 2.24) is 4.57 Å². The van der Waals surface area contributed by atoms with Crippen molar-refractivity contribution >= 4 is 84.1 Å². The van der Waals surface area contributed by atoms with Gasteiger partial charge in [-0.3, -0.25) is 0 Å². The largest absolute Gasteiger partial charge is 0.456 e. The molecule has 272 valence electrons. The normalized spacial score (nSPS) is 14.0. The minimum atomic E-state index is -0.107. The smallest absolute Gasteiger partial charge is 0.198 e. The average Bonchev–Trinajstić information content (AvgIpc) is 3.82. The highest BCUT2D eigenvalue weighted by Gasteiger charge is 2.37. The summed E-state index contributed by atoms with van der Waals surface area (Å²) in [6.45, 7) is 11.6. The summed E-state index contributed by atoms with van der Waals surface area (Å²) in [6.07, 6.45) is 0. The summed E-state index contributed by atoms with van der Waals surface area (Å²) in [5.41, 5.74) is 19.7. The predicted octanol–water partition coefficient (Wildman–Crippen LogP) is 12.6. The molecule has 2 aromatic heterocycles. The molecule has 0 saturated heterocycles. The van der Waals surface area contributed by atoms with Gasteiger partial charge in [-0.2, -0.15) is 0 Å². The van der Waals surface area contributed by atoms with E-state index in [0.29, 0.717) is 0 Å². The van der Waals surface area contributed by atoms with Crippen molar-refractivity contribution in [3.05, 3.63) is 162 Å². The van der Waals surface area contributed by atoms with Gasteiger partial charge in [0.1, 0.15) is 11.2 Å². The number of rotatable bonds is 3. The van der Waals surface area contributed by atoms with E-state index in [4.69, 9.17) is 4.42 Å². The summed E-state index contributed by atoms with van der Waals surface area (Å²) in [4.78, 5) is 0. The molecule has 2 aliphatic rings. The van der Waals surface area contributed by atoms with Crippen LogP contribution >= 0.6 is 0 Å². The van der Waals surface area contributed by atoms with Gasteiger partial charge in [-0.05, 0) is 110 Å². The quantitative estimate of drug-likeness (QED) is 0.183. The van der Waals surface area contributed by atoms with Crippen molar-refractivity contribution in [3.63, 3.8) is 0 Å². The fraction of sp³-hybridized carbons (Fsp3) is 0.132. The van der Waals surface area contributed by atoms with Crippen LogP contribution in [0.2, 0.25) is 0 Å². The minimum absolute atomic E-state index is 0.0900. The Labute approximate surface area is 332 Å². The van der Waals surface area contributed by atoms with Crippen molar-refractivity contribution in [2.75, 3.05) is 5.32 Å². The van der Waals surface area contributed by atoms with Crippen LogP contribution in [-0.4, -0.2) is 11.8 Å². The molecule has 0 radical (unpaired) electrons. The lowest BCUT2D eigenvalue weighted by molar-refractivity contribution is 0.590. The fourth-order valence-corrected chi connectivity index (χ4v) is 10.2. The van der Waals surface area contributed by atoms with Crippen LogP contribution in [0.1, 0.15) is 51.3 Å². The van der Waals surface area contributed by atoms with Crippen molar-refractivity contribution in [3.8, 4) is 27.9 Å². The zero-order valence-electron chi connectivity index (χ0n) is 32.9. The molecule has 0 fully saturated rings. The van der Waals surface area contributed by atoms with Gasteiger partial charge in [0.25, 0.3) is 0 Å². The molecular weight excluding hydrogens is 691 g/mol. The molecule has 3 heterocycles. The number of aromatic nitrogens is 1. The van der Waals surface area contributed by atoms with Crippen molar-refractivity contribution in [2.45, 2.75) is 45.4 Å². The third-order valence-electron chi connectivity index (χ3n) is 13.1. The summed E-state index contributed by atoms with van der Waals surface area (Å²) in [5.74, 6) is 0. The van der Waals surface area contributed by atoms with Gasteiger partial charge in [-0.1, -0.05) is 131 Å². The molecule has 0 bridgehead atoms. The third-order valence-corrected chi connectivity index (χ3v) is 13.1. The summed E-state index contributed by atoms with van der Waals surface area (Å²) >= 11 is 0. The van der Waals surface area contributed by atoms with E-state index < -0.39 is 0 Å². The summed E-state index contributed by atoms with van der Waals surface area (Å²) in [5, 5.41) is 11.2. The van der Waals surface area contributed by atoms with E-state index >= 15 is 0 Å². The van der Waals surface area contributed by atoms with Gasteiger partial charge in [0.2, 0.25) is 0 Å². The maximum atomic E-state index is 6.53. The average molecular weight is 733 g/mol. The number of para-hydroxylation sites is 1. The van der Waals surface area contributed by atoms with Gasteiger partial charge in [0.05, 0.1) is 5.52 Å². The van der Waals surface area contributed by atoms with E-state index in [9.17, 15) is 0 Å². The van der Waals surface area contributed by atoms with Crippen LogP contribution in [0.15, 0.2) is 150 Å². The Bertz CT molecular complexity index is 3350. The molecule has 3 nitrogen and oxygen atoms in total. The summed E-state index contributed by atoms with van der Waals surface area (Å²) in [7, 11) is 0.798. The number of nitrogens with one attached hydrogen (secondary N) is 1. The van der Waals surface area contributed by atoms with Crippen LogP contribution in [-0.2, 0) is 10.8 Å². The SMILES string of the molecule is CC(C)(C)c1ccc(Nc2cc3ccccc3cc2-c2ccc3c4cc5c(cc4n4c3c2Bc2cc3oc6ccccc6c3cc2-4)C(C)(C)c2ccccc2-5)cc1. The summed E-state index contributed by atoms with van der Waals surface area (Å²) in [6, 6.07) is 54.3. The van der Waals surface area contributed by atoms with Crippen LogP contribution in [0.4, 0.5) is 11.4 Å². The third kappa shape index (κ3) is 4.62. The van der Waals surface area contributed by atoms with E-state index in [-0.39, 0.29) is 10.8 Å². The maximum Gasteiger partial charge on any atom is 0.198 e. The van der Waals surface area contributed by atoms with E-state index in [2.05, 4.69) is 190 Å². The first-order valence-corrected chi connectivity index (χ1v) is 20.2. The Morgan fingerprint density at radius 3 is 2.16 bits per heavy atom. The monoisotopic (exact) mass is 732 g/mol. The first-order valence-electron chi connectivity index (χ1n) is 20.2. The first kappa shape index (κ1) is 32.7. The van der Waals surface area contributed by atoms with Crippen LogP contribution in [0.5, 0.6) is 0 Å². The highest BCUT2D eigenvalue weighted by atomic mass is 16.3. The molecule has 12 rings (SSSR count). The second kappa shape index (κ2) is 11.3. The second-order valence-electron chi connectivity index (χ2n) is 17.9. The minimum Gasteiger partial charge on any atom is -0.456 e. The van der Waals surface area contributed by atoms with Crippen LogP contribution in [0, 0.1) is 0 Å². The summed E-state index contributed by atoms with van der Waals surface area (Å²) < 4.78 is 9.12. The Hall–Kier alpha value is -6.52. The van der Waals surface area contributed by atoms with Crippen LogP contribution in [0.3, 0.4) is 0 Å². The van der Waals surface area contributed by atoms with E-state index in [1.807, 2.05) is 0 Å². The Kier molecular flexibility index (Phi) is 6.48. The molecule has 0 amide bonds. The topological polar surface area (TPSA) is 30.1 Å². The Morgan fingerprint density at radius 1 is 0.579 bits per heavy atom. The molecule has 0 saturated carbocycles. The van der Waals surface area contributed by atoms with Gasteiger partial charge in [-0.25, -0.2) is 0 Å². The van der Waals surface area contributed by atoms with Gasteiger partial charge in [0, 0.05) is 55.1 Å². The fourth-order valence-electron chi connectivity index (χ4n) is 10.2. The van der Waals surface area contributed by atoms with Gasteiger partial charge >= 0.3 is 0 Å². The number of hydrogen-bond acceptors (Lipinski definition) is 2. The lowest BCUT2D eigenvalue weighted by atomic mass is 9.59. The van der Waals surface area contributed by atoms with E-state index in [1.54, 1.807) is 0 Å². The highest BCUT2D eigenvalue weighted by Crippen LogP contribution is 2.51. The first-order chi connectivity index (χ1) is 27.6. The standard InChI is InChI=1S/C53H41BN2O/c1-52(2,3)32-18-20-33(21-19-32)55-45-25-31-13-7-6-12-30(31)24-39(45)36-22-23-37-40-26-38-34-14-8-10-16-42(34)53(4,5)43(38)28-46(40)56-47-27-41-35-15-9-11-17-48(35)57-49(41)29-44(47)54-50(36)51(37)56/h6-29,54-55H,1-5H3. The molecule has 1 aliphatic heterocycles. The second-order valence-corrected chi connectivity index (χ2v) is 17.9. The number of anilines is 2.